The first-order valence-corrected chi connectivity index (χ1v) is 9.03. The van der Waals surface area contributed by atoms with Crippen LogP contribution >= 0.6 is 0 Å². The number of carbonyl (C=O) groups is 1. The summed E-state index contributed by atoms with van der Waals surface area (Å²) in [6, 6.07) is 14.1. The van der Waals surface area contributed by atoms with E-state index in [1.807, 2.05) is 36.1 Å². The average molecular weight is 337 g/mol. The number of hydrogen-bond acceptors (Lipinski definition) is 3. The molecule has 0 saturated heterocycles. The van der Waals surface area contributed by atoms with Crippen molar-refractivity contribution in [3.8, 4) is 11.5 Å². The SMILES string of the molecule is CC(C(=O)N1CCCCc2ccccc21)c1ccc2c(c1)OCCO2. The molecule has 0 fully saturated rings. The molecule has 1 amide bonds. The van der Waals surface area contributed by atoms with Crippen LogP contribution in [-0.4, -0.2) is 25.7 Å². The molecule has 2 aromatic carbocycles. The number of benzene rings is 2. The van der Waals surface area contributed by atoms with Gasteiger partial charge in [-0.25, -0.2) is 0 Å². The molecule has 2 aliphatic rings. The minimum Gasteiger partial charge on any atom is -0.486 e. The number of ether oxygens (including phenoxy) is 2. The molecule has 4 rings (SSSR count). The van der Waals surface area contributed by atoms with Crippen LogP contribution in [0.1, 0.15) is 36.8 Å². The molecule has 2 aliphatic heterocycles. The monoisotopic (exact) mass is 337 g/mol. The van der Waals surface area contributed by atoms with E-state index in [9.17, 15) is 4.79 Å². The molecule has 0 radical (unpaired) electrons. The highest BCUT2D eigenvalue weighted by Crippen LogP contribution is 2.35. The summed E-state index contributed by atoms with van der Waals surface area (Å²) in [5.41, 5.74) is 3.30. The van der Waals surface area contributed by atoms with Gasteiger partial charge in [0.05, 0.1) is 5.92 Å². The molecule has 0 aromatic heterocycles. The van der Waals surface area contributed by atoms with Crippen LogP contribution < -0.4 is 14.4 Å². The van der Waals surface area contributed by atoms with Crippen molar-refractivity contribution < 1.29 is 14.3 Å². The first-order valence-electron chi connectivity index (χ1n) is 9.03. The van der Waals surface area contributed by atoms with E-state index >= 15 is 0 Å². The standard InChI is InChI=1S/C21H23NO3/c1-15(17-9-10-19-20(14-17)25-13-12-24-19)21(23)22-11-5-4-7-16-6-2-3-8-18(16)22/h2-3,6,8-10,14-15H,4-5,7,11-13H2,1H3. The molecule has 1 unspecified atom stereocenters. The number of para-hydroxylation sites is 1. The van der Waals surface area contributed by atoms with Crippen LogP contribution in [-0.2, 0) is 11.2 Å². The Kier molecular flexibility index (Phi) is 4.35. The second-order valence-corrected chi connectivity index (χ2v) is 6.70. The van der Waals surface area contributed by atoms with Crippen molar-refractivity contribution in [2.45, 2.75) is 32.1 Å². The first-order chi connectivity index (χ1) is 12.2. The van der Waals surface area contributed by atoms with Gasteiger partial charge in [0.2, 0.25) is 5.91 Å². The van der Waals surface area contributed by atoms with Gasteiger partial charge < -0.3 is 14.4 Å². The molecule has 2 aromatic rings. The molecule has 4 heteroatoms. The topological polar surface area (TPSA) is 38.8 Å². The molecular formula is C21H23NO3. The molecule has 0 spiro atoms. The lowest BCUT2D eigenvalue weighted by molar-refractivity contribution is -0.119. The Balaban J connectivity index is 1.62. The van der Waals surface area contributed by atoms with Crippen molar-refractivity contribution in [3.05, 3.63) is 53.6 Å². The summed E-state index contributed by atoms with van der Waals surface area (Å²) in [7, 11) is 0. The Morgan fingerprint density at radius 2 is 1.84 bits per heavy atom. The van der Waals surface area contributed by atoms with E-state index in [0.717, 1.165) is 48.6 Å². The lowest BCUT2D eigenvalue weighted by atomic mass is 9.98. The highest BCUT2D eigenvalue weighted by atomic mass is 16.6. The summed E-state index contributed by atoms with van der Waals surface area (Å²) in [5.74, 6) is 1.42. The molecule has 2 heterocycles. The summed E-state index contributed by atoms with van der Waals surface area (Å²) < 4.78 is 11.2. The zero-order valence-electron chi connectivity index (χ0n) is 14.5. The van der Waals surface area contributed by atoms with Gasteiger partial charge in [0.25, 0.3) is 0 Å². The smallest absolute Gasteiger partial charge is 0.234 e. The van der Waals surface area contributed by atoms with Gasteiger partial charge in [-0.1, -0.05) is 24.3 Å². The van der Waals surface area contributed by atoms with Crippen LogP contribution in [0.3, 0.4) is 0 Å². The third-order valence-corrected chi connectivity index (χ3v) is 5.06. The van der Waals surface area contributed by atoms with Crippen LogP contribution in [0, 0.1) is 0 Å². The number of nitrogens with zero attached hydrogens (tertiary/aromatic N) is 1. The number of amides is 1. The van der Waals surface area contributed by atoms with Gasteiger partial charge in [0.1, 0.15) is 13.2 Å². The molecule has 25 heavy (non-hydrogen) atoms. The van der Waals surface area contributed by atoms with Crippen LogP contribution in [0.15, 0.2) is 42.5 Å². The van der Waals surface area contributed by atoms with Gasteiger partial charge in [-0.05, 0) is 55.5 Å². The van der Waals surface area contributed by atoms with Crippen molar-refractivity contribution >= 4 is 11.6 Å². The van der Waals surface area contributed by atoms with E-state index in [2.05, 4.69) is 18.2 Å². The predicted octanol–water partition coefficient (Wildman–Crippen LogP) is 3.93. The van der Waals surface area contributed by atoms with Crippen molar-refractivity contribution in [1.29, 1.82) is 0 Å². The largest absolute Gasteiger partial charge is 0.486 e. The van der Waals surface area contributed by atoms with Crippen molar-refractivity contribution in [2.24, 2.45) is 0 Å². The quantitative estimate of drug-likeness (QED) is 0.833. The fourth-order valence-electron chi connectivity index (χ4n) is 3.63. The van der Waals surface area contributed by atoms with E-state index in [4.69, 9.17) is 9.47 Å². The molecule has 1 atom stereocenters. The molecule has 130 valence electrons. The first kappa shape index (κ1) is 16.0. The van der Waals surface area contributed by atoms with E-state index in [1.165, 1.54) is 5.56 Å². The second kappa shape index (κ2) is 6.79. The van der Waals surface area contributed by atoms with E-state index in [-0.39, 0.29) is 11.8 Å². The zero-order chi connectivity index (χ0) is 17.2. The summed E-state index contributed by atoms with van der Waals surface area (Å²) in [4.78, 5) is 15.2. The highest BCUT2D eigenvalue weighted by Gasteiger charge is 2.27. The van der Waals surface area contributed by atoms with Crippen LogP contribution in [0.2, 0.25) is 0 Å². The van der Waals surface area contributed by atoms with Crippen LogP contribution in [0.4, 0.5) is 5.69 Å². The minimum absolute atomic E-state index is 0.144. The fraction of sp³-hybridized carbons (Fsp3) is 0.381. The van der Waals surface area contributed by atoms with Gasteiger partial charge in [-0.3, -0.25) is 4.79 Å². The summed E-state index contributed by atoms with van der Waals surface area (Å²) >= 11 is 0. The molecule has 0 aliphatic carbocycles. The fourth-order valence-corrected chi connectivity index (χ4v) is 3.63. The maximum atomic E-state index is 13.2. The number of aryl methyl sites for hydroxylation is 1. The third-order valence-electron chi connectivity index (χ3n) is 5.06. The van der Waals surface area contributed by atoms with E-state index in [1.54, 1.807) is 0 Å². The third kappa shape index (κ3) is 3.09. The molecule has 4 nitrogen and oxygen atoms in total. The molecular weight excluding hydrogens is 314 g/mol. The van der Waals surface area contributed by atoms with Gasteiger partial charge in [0.15, 0.2) is 11.5 Å². The summed E-state index contributed by atoms with van der Waals surface area (Å²) in [6.07, 6.45) is 3.20. The van der Waals surface area contributed by atoms with E-state index in [0.29, 0.717) is 13.2 Å². The Labute approximate surface area is 148 Å². The highest BCUT2D eigenvalue weighted by molar-refractivity contribution is 5.98. The average Bonchev–Trinajstić information content (AvgIpc) is 2.89. The number of anilines is 1. The summed E-state index contributed by atoms with van der Waals surface area (Å²) in [5, 5.41) is 0. The van der Waals surface area contributed by atoms with Gasteiger partial charge in [0, 0.05) is 12.2 Å². The van der Waals surface area contributed by atoms with Crippen molar-refractivity contribution in [2.75, 3.05) is 24.7 Å². The van der Waals surface area contributed by atoms with Crippen molar-refractivity contribution in [1.82, 2.24) is 0 Å². The lowest BCUT2D eigenvalue weighted by Crippen LogP contribution is -2.35. The Morgan fingerprint density at radius 3 is 2.72 bits per heavy atom. The molecule has 0 saturated carbocycles. The maximum absolute atomic E-state index is 13.2. The van der Waals surface area contributed by atoms with Crippen LogP contribution in [0.5, 0.6) is 11.5 Å². The predicted molar refractivity (Wildman–Crippen MR) is 97.6 cm³/mol. The Bertz CT molecular complexity index is 786. The normalized spacial score (nSPS) is 17.4. The van der Waals surface area contributed by atoms with Crippen LogP contribution in [0.25, 0.3) is 0 Å². The number of rotatable bonds is 2. The number of hydrogen-bond donors (Lipinski definition) is 0. The second-order valence-electron chi connectivity index (χ2n) is 6.70. The number of carbonyl (C=O) groups excluding carboxylic acids is 1. The Morgan fingerprint density at radius 1 is 1.04 bits per heavy atom. The lowest BCUT2D eigenvalue weighted by Gasteiger charge is -2.27. The van der Waals surface area contributed by atoms with Crippen molar-refractivity contribution in [3.63, 3.8) is 0 Å². The molecule has 0 bridgehead atoms. The Hall–Kier alpha value is -2.49. The summed E-state index contributed by atoms with van der Waals surface area (Å²) in [6.45, 7) is 3.88. The maximum Gasteiger partial charge on any atom is 0.234 e. The number of fused-ring (bicyclic) bond motifs is 2. The minimum atomic E-state index is -0.220. The van der Waals surface area contributed by atoms with Gasteiger partial charge in [-0.15, -0.1) is 0 Å². The van der Waals surface area contributed by atoms with Gasteiger partial charge >= 0.3 is 0 Å². The zero-order valence-corrected chi connectivity index (χ0v) is 14.5. The van der Waals surface area contributed by atoms with E-state index < -0.39 is 0 Å². The molecule has 0 N–H and O–H groups in total. The van der Waals surface area contributed by atoms with Gasteiger partial charge in [-0.2, -0.15) is 0 Å².